The highest BCUT2D eigenvalue weighted by atomic mass is 19.4. The van der Waals surface area contributed by atoms with Crippen LogP contribution in [0.4, 0.5) is 24.7 Å². The first-order valence-corrected chi connectivity index (χ1v) is 8.92. The van der Waals surface area contributed by atoms with Gasteiger partial charge in [-0.25, -0.2) is 4.98 Å². The summed E-state index contributed by atoms with van der Waals surface area (Å²) in [7, 11) is 1.54. The Bertz CT molecular complexity index is 1040. The zero-order chi connectivity index (χ0) is 21.2. The molecule has 0 aliphatic carbocycles. The monoisotopic (exact) mass is 406 g/mol. The second-order valence-corrected chi connectivity index (χ2v) is 6.54. The minimum absolute atomic E-state index is 0.0737. The lowest BCUT2D eigenvalue weighted by Gasteiger charge is -2.16. The maximum atomic E-state index is 13.2. The predicted molar refractivity (Wildman–Crippen MR) is 104 cm³/mol. The molecule has 0 aliphatic rings. The first kappa shape index (κ1) is 20.7. The topological polar surface area (TPSA) is 67.7 Å². The number of carbonyl (C=O) groups excluding carboxylic acids is 1. The largest absolute Gasteiger partial charge is 0.416 e. The maximum absolute atomic E-state index is 13.2. The number of anilines is 2. The van der Waals surface area contributed by atoms with Gasteiger partial charge in [-0.3, -0.25) is 4.79 Å². The van der Waals surface area contributed by atoms with Gasteiger partial charge in [0.2, 0.25) is 0 Å². The zero-order valence-corrected chi connectivity index (χ0v) is 16.2. The molecule has 3 rings (SSSR count). The number of fused-ring (bicyclic) bond motifs is 1. The standard InChI is InChI=1S/C20H21F3N4O2/c1-12-7-8-16-18(25-11-17(27(12)16)19(28)24-9-10-29-3)26-15-6-4-5-14(13(15)2)20(21,22)23/h4-8,11H,9-10H2,1-3H3,(H,24,28)(H,25,26). The molecule has 3 aromatic rings. The summed E-state index contributed by atoms with van der Waals surface area (Å²) < 4.78 is 46.2. The highest BCUT2D eigenvalue weighted by molar-refractivity contribution is 5.94. The van der Waals surface area contributed by atoms with Crippen LogP contribution in [0.25, 0.3) is 5.52 Å². The number of benzene rings is 1. The van der Waals surface area contributed by atoms with E-state index in [-0.39, 0.29) is 11.5 Å². The van der Waals surface area contributed by atoms with Crippen LogP contribution in [0.15, 0.2) is 36.5 Å². The maximum Gasteiger partial charge on any atom is 0.416 e. The molecule has 0 radical (unpaired) electrons. The lowest BCUT2D eigenvalue weighted by atomic mass is 10.1. The Morgan fingerprint density at radius 2 is 1.97 bits per heavy atom. The lowest BCUT2D eigenvalue weighted by molar-refractivity contribution is -0.138. The summed E-state index contributed by atoms with van der Waals surface area (Å²) in [5.41, 5.74) is 1.36. The van der Waals surface area contributed by atoms with E-state index in [1.807, 2.05) is 13.0 Å². The van der Waals surface area contributed by atoms with E-state index >= 15 is 0 Å². The number of alkyl halides is 3. The summed E-state index contributed by atoms with van der Waals surface area (Å²) in [5, 5.41) is 5.72. The number of hydrogen-bond donors (Lipinski definition) is 2. The van der Waals surface area contributed by atoms with Crippen LogP contribution >= 0.6 is 0 Å². The van der Waals surface area contributed by atoms with E-state index in [0.717, 1.165) is 11.8 Å². The minimum Gasteiger partial charge on any atom is -0.383 e. The number of nitrogens with zero attached hydrogens (tertiary/aromatic N) is 2. The van der Waals surface area contributed by atoms with Crippen molar-refractivity contribution in [2.24, 2.45) is 0 Å². The Labute approximate surface area is 165 Å². The fourth-order valence-electron chi connectivity index (χ4n) is 3.11. The smallest absolute Gasteiger partial charge is 0.383 e. The molecule has 0 saturated carbocycles. The first-order valence-electron chi connectivity index (χ1n) is 8.92. The fourth-order valence-corrected chi connectivity index (χ4v) is 3.11. The molecule has 0 saturated heterocycles. The molecule has 2 N–H and O–H groups in total. The summed E-state index contributed by atoms with van der Waals surface area (Å²) in [6, 6.07) is 7.52. The van der Waals surface area contributed by atoms with Gasteiger partial charge in [-0.15, -0.1) is 0 Å². The lowest BCUT2D eigenvalue weighted by Crippen LogP contribution is -2.29. The normalized spacial score (nSPS) is 11.7. The van der Waals surface area contributed by atoms with Gasteiger partial charge in [0, 0.05) is 25.0 Å². The van der Waals surface area contributed by atoms with Crippen molar-refractivity contribution < 1.29 is 22.7 Å². The summed E-state index contributed by atoms with van der Waals surface area (Å²) in [5.74, 6) is 0.0367. The molecule has 0 spiro atoms. The molecule has 0 aliphatic heterocycles. The fraction of sp³-hybridized carbons (Fsp3) is 0.300. The molecule has 2 aromatic heterocycles. The Kier molecular flexibility index (Phi) is 5.78. The van der Waals surface area contributed by atoms with Crippen molar-refractivity contribution in [2.45, 2.75) is 20.0 Å². The first-order chi connectivity index (χ1) is 13.7. The van der Waals surface area contributed by atoms with Gasteiger partial charge in [-0.05, 0) is 43.7 Å². The molecule has 0 fully saturated rings. The number of amides is 1. The highest BCUT2D eigenvalue weighted by Gasteiger charge is 2.33. The number of aromatic nitrogens is 2. The highest BCUT2D eigenvalue weighted by Crippen LogP contribution is 2.35. The van der Waals surface area contributed by atoms with Crippen molar-refractivity contribution in [1.82, 2.24) is 14.7 Å². The van der Waals surface area contributed by atoms with Crippen molar-refractivity contribution in [3.63, 3.8) is 0 Å². The van der Waals surface area contributed by atoms with Gasteiger partial charge in [0.25, 0.3) is 5.91 Å². The van der Waals surface area contributed by atoms with Gasteiger partial charge >= 0.3 is 6.18 Å². The van der Waals surface area contributed by atoms with E-state index in [0.29, 0.717) is 35.9 Å². The van der Waals surface area contributed by atoms with Crippen molar-refractivity contribution in [3.8, 4) is 0 Å². The number of methoxy groups -OCH3 is 1. The van der Waals surface area contributed by atoms with Crippen molar-refractivity contribution in [1.29, 1.82) is 0 Å². The SMILES string of the molecule is COCCNC(=O)c1cnc(Nc2cccc(C(F)(F)F)c2C)c2ccc(C)n12. The van der Waals surface area contributed by atoms with E-state index in [4.69, 9.17) is 4.74 Å². The van der Waals surface area contributed by atoms with Gasteiger partial charge in [0.1, 0.15) is 5.69 Å². The van der Waals surface area contributed by atoms with Crippen LogP contribution in [0.5, 0.6) is 0 Å². The van der Waals surface area contributed by atoms with Gasteiger partial charge in [0.05, 0.1) is 23.9 Å². The molecule has 0 atom stereocenters. The molecule has 2 heterocycles. The average Bonchev–Trinajstić information content (AvgIpc) is 3.05. The summed E-state index contributed by atoms with van der Waals surface area (Å²) >= 11 is 0. The third-order valence-corrected chi connectivity index (χ3v) is 4.59. The predicted octanol–water partition coefficient (Wildman–Crippen LogP) is 4.09. The van der Waals surface area contributed by atoms with Crippen LogP contribution in [0.3, 0.4) is 0 Å². The van der Waals surface area contributed by atoms with Crippen molar-refractivity contribution >= 4 is 22.9 Å². The Morgan fingerprint density at radius 1 is 1.21 bits per heavy atom. The second kappa shape index (κ2) is 8.12. The average molecular weight is 406 g/mol. The summed E-state index contributed by atoms with van der Waals surface area (Å²) in [6.45, 7) is 3.96. The van der Waals surface area contributed by atoms with E-state index in [2.05, 4.69) is 15.6 Å². The van der Waals surface area contributed by atoms with Crippen LogP contribution in [0, 0.1) is 13.8 Å². The van der Waals surface area contributed by atoms with Crippen LogP contribution in [0.2, 0.25) is 0 Å². The van der Waals surface area contributed by atoms with Gasteiger partial charge < -0.3 is 19.8 Å². The zero-order valence-electron chi connectivity index (χ0n) is 16.2. The Hall–Kier alpha value is -3.07. The van der Waals surface area contributed by atoms with E-state index in [1.54, 1.807) is 16.5 Å². The number of nitrogens with one attached hydrogen (secondary N) is 2. The van der Waals surface area contributed by atoms with Gasteiger partial charge in [-0.2, -0.15) is 13.2 Å². The van der Waals surface area contributed by atoms with E-state index in [9.17, 15) is 18.0 Å². The van der Waals surface area contributed by atoms with Gasteiger partial charge in [-0.1, -0.05) is 6.07 Å². The molecule has 1 aromatic carbocycles. The number of halogens is 3. The second-order valence-electron chi connectivity index (χ2n) is 6.54. The van der Waals surface area contributed by atoms with Crippen LogP contribution in [-0.2, 0) is 10.9 Å². The quantitative estimate of drug-likeness (QED) is 0.605. The minimum atomic E-state index is -4.44. The Balaban J connectivity index is 1.99. The third-order valence-electron chi connectivity index (χ3n) is 4.59. The molecule has 6 nitrogen and oxygen atoms in total. The van der Waals surface area contributed by atoms with Crippen LogP contribution in [-0.4, -0.2) is 35.6 Å². The van der Waals surface area contributed by atoms with Crippen molar-refractivity contribution in [2.75, 3.05) is 25.6 Å². The Morgan fingerprint density at radius 3 is 2.66 bits per heavy atom. The van der Waals surface area contributed by atoms with E-state index < -0.39 is 11.7 Å². The number of ether oxygens (including phenoxy) is 1. The molecule has 0 unspecified atom stereocenters. The van der Waals surface area contributed by atoms with Crippen LogP contribution in [0.1, 0.15) is 27.3 Å². The third kappa shape index (κ3) is 4.19. The number of rotatable bonds is 6. The molecule has 29 heavy (non-hydrogen) atoms. The molecular formula is C20H21F3N4O2. The number of carbonyl (C=O) groups is 1. The number of hydrogen-bond acceptors (Lipinski definition) is 4. The summed E-state index contributed by atoms with van der Waals surface area (Å²) in [4.78, 5) is 16.8. The molecular weight excluding hydrogens is 385 g/mol. The van der Waals surface area contributed by atoms with Crippen LogP contribution < -0.4 is 10.6 Å². The summed E-state index contributed by atoms with van der Waals surface area (Å²) in [6.07, 6.45) is -3.05. The van der Waals surface area contributed by atoms with E-state index in [1.165, 1.54) is 26.3 Å². The number of aryl methyl sites for hydroxylation is 1. The molecule has 9 heteroatoms. The van der Waals surface area contributed by atoms with Crippen molar-refractivity contribution in [3.05, 3.63) is 59.0 Å². The molecule has 1 amide bonds. The van der Waals surface area contributed by atoms with Gasteiger partial charge in [0.15, 0.2) is 5.82 Å². The molecule has 154 valence electrons. The molecule has 0 bridgehead atoms.